The van der Waals surface area contributed by atoms with Gasteiger partial charge < -0.3 is 15.1 Å². The molecular formula is C16H20NO4PS. The number of unbranched alkanes of at least 4 members (excludes halogenated alkanes) is 1. The van der Waals surface area contributed by atoms with Crippen LogP contribution in [-0.4, -0.2) is 16.4 Å². The Labute approximate surface area is 140 Å². The van der Waals surface area contributed by atoms with E-state index >= 15 is 0 Å². The second-order valence-electron chi connectivity index (χ2n) is 4.90. The maximum atomic E-state index is 9.98. The van der Waals surface area contributed by atoms with Crippen LogP contribution in [0.2, 0.25) is 0 Å². The largest absolute Gasteiger partial charge is 0.469 e. The second-order valence-corrected chi connectivity index (χ2v) is 7.22. The molecule has 2 aromatic rings. The lowest BCUT2D eigenvalue weighted by atomic mass is 10.2. The van der Waals surface area contributed by atoms with Gasteiger partial charge in [-0.2, -0.15) is 0 Å². The third kappa shape index (κ3) is 6.01. The maximum absolute atomic E-state index is 9.98. The number of phosphoric ester groups is 1. The molecule has 2 aromatic carbocycles. The molecule has 0 atom stereocenters. The van der Waals surface area contributed by atoms with Gasteiger partial charge in [-0.15, -0.1) is 0 Å². The Bertz CT molecular complexity index is 602. The topological polar surface area (TPSA) is 78.8 Å². The van der Waals surface area contributed by atoms with Crippen LogP contribution in [0.15, 0.2) is 58.3 Å². The highest BCUT2D eigenvalue weighted by molar-refractivity contribution is 7.99. The zero-order valence-electron chi connectivity index (χ0n) is 12.8. The first-order chi connectivity index (χ1) is 11.0. The van der Waals surface area contributed by atoms with Crippen LogP contribution in [0, 0.1) is 0 Å². The van der Waals surface area contributed by atoms with Gasteiger partial charge in [-0.1, -0.05) is 49.4 Å². The minimum Gasteiger partial charge on any atom is -0.354 e. The lowest BCUT2D eigenvalue weighted by Crippen LogP contribution is -1.98. The van der Waals surface area contributed by atoms with Gasteiger partial charge in [0.2, 0.25) is 0 Å². The van der Waals surface area contributed by atoms with Crippen LogP contribution in [0.25, 0.3) is 0 Å². The molecule has 1 aliphatic rings. The molecule has 1 aliphatic heterocycles. The average molecular weight is 353 g/mol. The van der Waals surface area contributed by atoms with Gasteiger partial charge in [-0.25, -0.2) is 4.57 Å². The minimum absolute atomic E-state index is 0.140. The van der Waals surface area contributed by atoms with Gasteiger partial charge in [0, 0.05) is 9.79 Å². The van der Waals surface area contributed by atoms with Crippen molar-refractivity contribution in [2.24, 2.45) is 0 Å². The van der Waals surface area contributed by atoms with E-state index in [1.807, 2.05) is 18.7 Å². The van der Waals surface area contributed by atoms with Gasteiger partial charge in [-0.3, -0.25) is 4.52 Å². The molecule has 0 unspecified atom stereocenters. The summed E-state index contributed by atoms with van der Waals surface area (Å²) in [5, 5.41) is 3.42. The molecule has 3 rings (SSSR count). The van der Waals surface area contributed by atoms with E-state index in [1.165, 1.54) is 21.2 Å². The van der Waals surface area contributed by atoms with Gasteiger partial charge in [0.15, 0.2) is 0 Å². The Balaban J connectivity index is 0.000000188. The highest BCUT2D eigenvalue weighted by Crippen LogP contribution is 2.43. The van der Waals surface area contributed by atoms with E-state index < -0.39 is 7.82 Å². The lowest BCUT2D eigenvalue weighted by molar-refractivity contribution is 0.194. The van der Waals surface area contributed by atoms with Crippen molar-refractivity contribution in [2.75, 3.05) is 11.9 Å². The van der Waals surface area contributed by atoms with Gasteiger partial charge in [0.1, 0.15) is 0 Å². The molecule has 0 aromatic heterocycles. The molecule has 5 nitrogen and oxygen atoms in total. The number of nitrogens with one attached hydrogen (secondary N) is 1. The molecule has 0 fully saturated rings. The van der Waals surface area contributed by atoms with E-state index in [4.69, 9.17) is 9.79 Å². The number of benzene rings is 2. The van der Waals surface area contributed by atoms with Crippen molar-refractivity contribution in [3.8, 4) is 0 Å². The van der Waals surface area contributed by atoms with Crippen LogP contribution < -0.4 is 5.32 Å². The maximum Gasteiger partial charge on any atom is 0.469 e. The summed E-state index contributed by atoms with van der Waals surface area (Å²) in [4.78, 5) is 18.9. The number of hydrogen-bond donors (Lipinski definition) is 3. The number of anilines is 2. The van der Waals surface area contributed by atoms with E-state index in [-0.39, 0.29) is 6.61 Å². The summed E-state index contributed by atoms with van der Waals surface area (Å²) in [6.07, 6.45) is 1.56. The summed E-state index contributed by atoms with van der Waals surface area (Å²) in [6, 6.07) is 16.8. The average Bonchev–Trinajstić information content (AvgIpc) is 2.52. The van der Waals surface area contributed by atoms with Crippen molar-refractivity contribution in [2.45, 2.75) is 29.6 Å². The summed E-state index contributed by atoms with van der Waals surface area (Å²) in [5.74, 6) is 0. The highest BCUT2D eigenvalue weighted by atomic mass is 32.2. The normalized spacial score (nSPS) is 12.3. The monoisotopic (exact) mass is 353 g/mol. The molecular weight excluding hydrogens is 333 g/mol. The van der Waals surface area contributed by atoms with E-state index in [0.29, 0.717) is 6.42 Å². The summed E-state index contributed by atoms with van der Waals surface area (Å²) in [6.45, 7) is 2.06. The first-order valence-electron chi connectivity index (χ1n) is 7.32. The summed E-state index contributed by atoms with van der Waals surface area (Å²) >= 11 is 1.82. The van der Waals surface area contributed by atoms with E-state index in [2.05, 4.69) is 58.4 Å². The molecule has 3 N–H and O–H groups in total. The molecule has 0 radical (unpaired) electrons. The Morgan fingerprint density at radius 1 is 1.04 bits per heavy atom. The number of hydrogen-bond acceptors (Lipinski definition) is 4. The zero-order valence-corrected chi connectivity index (χ0v) is 14.5. The molecule has 0 saturated carbocycles. The Hall–Kier alpha value is -1.30. The Kier molecular flexibility index (Phi) is 6.69. The predicted molar refractivity (Wildman–Crippen MR) is 93.2 cm³/mol. The molecule has 0 aliphatic carbocycles. The van der Waals surface area contributed by atoms with Crippen LogP contribution >= 0.6 is 19.6 Å². The van der Waals surface area contributed by atoms with Crippen LogP contribution in [0.3, 0.4) is 0 Å². The third-order valence-corrected chi connectivity index (χ3v) is 4.69. The summed E-state index contributed by atoms with van der Waals surface area (Å²) in [5.41, 5.74) is 2.41. The standard InChI is InChI=1S/C12H9NS.C4H11O4P/c1-3-7-11-9(5-1)13-10-6-2-4-8-12(10)14-11;1-2-3-4-8-9(5,6)7/h1-8,13H;2-4H2,1H3,(H2,5,6,7). The van der Waals surface area contributed by atoms with E-state index in [0.717, 1.165) is 6.42 Å². The summed E-state index contributed by atoms with van der Waals surface area (Å²) in [7, 11) is -4.20. The first kappa shape index (κ1) is 18.0. The minimum atomic E-state index is -4.20. The number of rotatable bonds is 4. The van der Waals surface area contributed by atoms with Crippen LogP contribution in [0.5, 0.6) is 0 Å². The van der Waals surface area contributed by atoms with Crippen molar-refractivity contribution in [1.82, 2.24) is 0 Å². The third-order valence-electron chi connectivity index (χ3n) is 3.02. The number of fused-ring (bicyclic) bond motifs is 2. The van der Waals surface area contributed by atoms with E-state index in [1.54, 1.807) is 0 Å². The smallest absolute Gasteiger partial charge is 0.354 e. The van der Waals surface area contributed by atoms with Gasteiger partial charge in [-0.05, 0) is 30.7 Å². The van der Waals surface area contributed by atoms with Gasteiger partial charge in [0.05, 0.1) is 18.0 Å². The number of phosphoric acid groups is 1. The quantitative estimate of drug-likeness (QED) is 0.462. The molecule has 0 saturated heterocycles. The van der Waals surface area contributed by atoms with Crippen LogP contribution in [-0.2, 0) is 9.09 Å². The van der Waals surface area contributed by atoms with Crippen LogP contribution in [0.1, 0.15) is 19.8 Å². The Morgan fingerprint density at radius 3 is 2.04 bits per heavy atom. The zero-order chi connectivity index (χ0) is 16.7. The molecule has 124 valence electrons. The second kappa shape index (κ2) is 8.52. The summed E-state index contributed by atoms with van der Waals surface area (Å²) < 4.78 is 14.1. The van der Waals surface area contributed by atoms with Crippen molar-refractivity contribution in [1.29, 1.82) is 0 Å². The van der Waals surface area contributed by atoms with Gasteiger partial charge in [0.25, 0.3) is 0 Å². The van der Waals surface area contributed by atoms with Crippen molar-refractivity contribution < 1.29 is 18.9 Å². The fraction of sp³-hybridized carbons (Fsp3) is 0.250. The van der Waals surface area contributed by atoms with Crippen molar-refractivity contribution in [3.63, 3.8) is 0 Å². The SMILES string of the molecule is CCCCOP(=O)(O)O.c1ccc2c(c1)Nc1ccccc1S2. The lowest BCUT2D eigenvalue weighted by Gasteiger charge is -2.19. The van der Waals surface area contributed by atoms with Crippen molar-refractivity contribution in [3.05, 3.63) is 48.5 Å². The molecule has 7 heteroatoms. The molecule has 0 amide bonds. The predicted octanol–water partition coefficient (Wildman–Crippen LogP) is 4.79. The number of para-hydroxylation sites is 2. The molecule has 0 bridgehead atoms. The van der Waals surface area contributed by atoms with Crippen LogP contribution in [0.4, 0.5) is 11.4 Å². The first-order valence-corrected chi connectivity index (χ1v) is 9.67. The van der Waals surface area contributed by atoms with Crippen molar-refractivity contribution >= 4 is 31.0 Å². The molecule has 23 heavy (non-hydrogen) atoms. The highest BCUT2D eigenvalue weighted by Gasteiger charge is 2.13. The molecule has 0 spiro atoms. The molecule has 1 heterocycles. The van der Waals surface area contributed by atoms with E-state index in [9.17, 15) is 4.57 Å². The fourth-order valence-corrected chi connectivity index (χ4v) is 3.26. The van der Waals surface area contributed by atoms with Gasteiger partial charge >= 0.3 is 7.82 Å². The Morgan fingerprint density at radius 2 is 1.57 bits per heavy atom. The fourth-order valence-electron chi connectivity index (χ4n) is 1.91.